The minimum absolute atomic E-state index is 0.0650. The van der Waals surface area contributed by atoms with E-state index in [0.29, 0.717) is 0 Å². The van der Waals surface area contributed by atoms with Gasteiger partial charge in [-0.1, -0.05) is 5.21 Å². The van der Waals surface area contributed by atoms with Crippen LogP contribution < -0.4 is 0 Å². The predicted octanol–water partition coefficient (Wildman–Crippen LogP) is -1.03. The van der Waals surface area contributed by atoms with Crippen LogP contribution in [0.1, 0.15) is 87.8 Å². The first-order valence-corrected chi connectivity index (χ1v) is 23.6. The first kappa shape index (κ1) is 61.8. The Bertz CT molecular complexity index is 2250. The Hall–Kier alpha value is -6.73. The monoisotopic (exact) mass is 1090 g/mol. The van der Waals surface area contributed by atoms with Gasteiger partial charge in [-0.25, -0.2) is 4.68 Å². The fraction of sp³-hybridized carbons (Fsp3) is 0.717. The molecule has 3 aliphatic heterocycles. The highest BCUT2D eigenvalue weighted by molar-refractivity contribution is 5.81. The van der Waals surface area contributed by atoms with Gasteiger partial charge in [-0.05, 0) is 6.92 Å². The van der Waals surface area contributed by atoms with Crippen molar-refractivity contribution in [3.8, 4) is 0 Å². The molecule has 1 aromatic rings. The molecule has 3 aliphatic rings. The van der Waals surface area contributed by atoms with Crippen LogP contribution in [0.15, 0.2) is 6.20 Å². The molecule has 0 spiro atoms. The van der Waals surface area contributed by atoms with Crippen molar-refractivity contribution in [1.29, 1.82) is 0 Å². The third-order valence-corrected chi connectivity index (χ3v) is 10.9. The largest absolute Gasteiger partial charge is 0.463 e. The second kappa shape index (κ2) is 29.0. The zero-order valence-corrected chi connectivity index (χ0v) is 43.6. The van der Waals surface area contributed by atoms with E-state index in [-0.39, 0.29) is 43.9 Å². The summed E-state index contributed by atoms with van der Waals surface area (Å²) in [5, 5.41) is 8.29. The molecule has 3 saturated heterocycles. The Labute approximate surface area is 434 Å². The van der Waals surface area contributed by atoms with Crippen LogP contribution >= 0.6 is 0 Å². The number of nitrogens with zero attached hydrogens (tertiary/aromatic N) is 3. The van der Waals surface area contributed by atoms with Crippen molar-refractivity contribution < 1.29 is 129 Å². The van der Waals surface area contributed by atoms with Gasteiger partial charge in [-0.3, -0.25) is 47.9 Å². The van der Waals surface area contributed by atoms with Gasteiger partial charge in [0, 0.05) is 88.5 Å². The first-order chi connectivity index (χ1) is 35.8. The van der Waals surface area contributed by atoms with Crippen LogP contribution in [0, 0.1) is 0 Å². The molecule has 30 nitrogen and oxygen atoms in total. The number of Topliss-reactive ketones (excluding diaryl/α,β-unsaturated/α-hetero) is 1. The molecular weight excluding hydrogens is 1030 g/mol. The number of ketones is 1. The van der Waals surface area contributed by atoms with E-state index in [9.17, 15) is 52.7 Å². The lowest BCUT2D eigenvalue weighted by atomic mass is 9.96. The quantitative estimate of drug-likeness (QED) is 0.0882. The highest BCUT2D eigenvalue weighted by atomic mass is 16.8. The molecule has 0 radical (unpaired) electrons. The van der Waals surface area contributed by atoms with Crippen molar-refractivity contribution in [1.82, 2.24) is 15.0 Å². The number of esters is 10. The summed E-state index contributed by atoms with van der Waals surface area (Å²) in [5.74, 6) is -9.14. The number of rotatable bonds is 24. The third kappa shape index (κ3) is 18.8. The molecule has 30 heteroatoms. The number of methoxy groups -OCH3 is 1. The maximum Gasteiger partial charge on any atom is 0.306 e. The molecule has 4 rings (SSSR count). The van der Waals surface area contributed by atoms with Gasteiger partial charge in [-0.15, -0.1) is 5.10 Å². The molecule has 76 heavy (non-hydrogen) atoms. The summed E-state index contributed by atoms with van der Waals surface area (Å²) >= 11 is 0. The summed E-state index contributed by atoms with van der Waals surface area (Å²) in [4.78, 5) is 136. The lowest BCUT2D eigenvalue weighted by Gasteiger charge is -2.48. The van der Waals surface area contributed by atoms with Gasteiger partial charge < -0.3 is 80.6 Å². The molecule has 0 unspecified atom stereocenters. The molecule has 4 heterocycles. The van der Waals surface area contributed by atoms with Crippen molar-refractivity contribution in [3.05, 3.63) is 11.9 Å². The molecule has 0 aliphatic carbocycles. The predicted molar refractivity (Wildman–Crippen MR) is 239 cm³/mol. The molecule has 0 N–H and O–H groups in total. The van der Waals surface area contributed by atoms with Gasteiger partial charge >= 0.3 is 59.7 Å². The van der Waals surface area contributed by atoms with E-state index in [2.05, 4.69) is 10.3 Å². The van der Waals surface area contributed by atoms with Crippen LogP contribution in [0.3, 0.4) is 0 Å². The van der Waals surface area contributed by atoms with E-state index in [1.807, 2.05) is 0 Å². The van der Waals surface area contributed by atoms with Gasteiger partial charge in [0.05, 0.1) is 25.3 Å². The van der Waals surface area contributed by atoms with Crippen molar-refractivity contribution in [2.45, 2.75) is 187 Å². The standard InChI is InChI=1S/C46H63N3O27/c1-20(50)12-13-34(60)75-35-31(72-44(61-11)41(69-27(8)57)38(35)66-24(5)54)17-49-16-30(47-48-49)14-15-62-45-42(70-28(9)58)40(68-26(7)56)37(33(73-45)19-64-22(3)52)76-46-43(71-29(10)59)39(67-25(6)55)36(65-23(4)53)32(74-46)18-63-21(2)51/h16,31-33,35-46H,12-15,17-19H2,1-11H3/t31-,32-,33-,35-,36+,37-,38+,39+,40+,41-,42-,43-,44+,45-,46+/m1/s1. The Kier molecular flexibility index (Phi) is 23.6. The fourth-order valence-corrected chi connectivity index (χ4v) is 8.10. The van der Waals surface area contributed by atoms with Crippen LogP contribution in [0.4, 0.5) is 0 Å². The van der Waals surface area contributed by atoms with Crippen molar-refractivity contribution in [3.63, 3.8) is 0 Å². The molecule has 15 atom stereocenters. The summed E-state index contributed by atoms with van der Waals surface area (Å²) in [6.07, 6.45) is -22.8. The van der Waals surface area contributed by atoms with Crippen LogP contribution in [-0.2, 0) is 141 Å². The average molecular weight is 1090 g/mol. The number of carbonyl (C=O) groups excluding carboxylic acids is 11. The highest BCUT2D eigenvalue weighted by Crippen LogP contribution is 2.36. The minimum Gasteiger partial charge on any atom is -0.463 e. The maximum atomic E-state index is 13.0. The number of ether oxygens (including phenoxy) is 16. The lowest BCUT2D eigenvalue weighted by Crippen LogP contribution is -2.67. The number of hydrogen-bond acceptors (Lipinski definition) is 29. The first-order valence-electron chi connectivity index (χ1n) is 23.6. The van der Waals surface area contributed by atoms with Gasteiger partial charge in [0.1, 0.15) is 43.4 Å². The Morgan fingerprint density at radius 2 is 0.882 bits per heavy atom. The van der Waals surface area contributed by atoms with E-state index >= 15 is 0 Å². The number of aromatic nitrogens is 3. The topological polar surface area (TPSA) is 366 Å². The Morgan fingerprint density at radius 3 is 1.36 bits per heavy atom. The smallest absolute Gasteiger partial charge is 0.306 e. The van der Waals surface area contributed by atoms with E-state index in [0.717, 1.165) is 62.3 Å². The van der Waals surface area contributed by atoms with Gasteiger partial charge in [0.25, 0.3) is 0 Å². The van der Waals surface area contributed by atoms with E-state index in [1.54, 1.807) is 0 Å². The summed E-state index contributed by atoms with van der Waals surface area (Å²) in [6.45, 7) is 8.80. The van der Waals surface area contributed by atoms with E-state index < -0.39 is 165 Å². The number of hydrogen-bond donors (Lipinski definition) is 0. The normalized spacial score (nSPS) is 29.0. The van der Waals surface area contributed by atoms with Crippen LogP contribution in [0.2, 0.25) is 0 Å². The van der Waals surface area contributed by atoms with E-state index in [1.165, 1.54) is 24.9 Å². The van der Waals surface area contributed by atoms with Crippen molar-refractivity contribution in [2.75, 3.05) is 26.9 Å². The van der Waals surface area contributed by atoms with Crippen LogP contribution in [0.25, 0.3) is 0 Å². The SMILES string of the molecule is CO[C@H]1O[C@H](Cn2cc(CCO[C@@H]3O[C@H](COC(C)=O)[C@@H](O[C@@H]4O[C@H](COC(C)=O)[C@H](OC(C)=O)[C@H](OC(C)=O)[C@H]4OC(C)=O)[C@H](OC(C)=O)[C@H]3OC(C)=O)nn2)[C@@H](OC(=O)CCC(C)=O)[C@H](OC(C)=O)[C@H]1OC(C)=O. The van der Waals surface area contributed by atoms with Crippen molar-refractivity contribution >= 4 is 65.5 Å². The zero-order chi connectivity index (χ0) is 56.6. The molecule has 3 fully saturated rings. The molecule has 424 valence electrons. The van der Waals surface area contributed by atoms with Gasteiger partial charge in [0.2, 0.25) is 0 Å². The molecule has 1 aromatic heterocycles. The minimum atomic E-state index is -1.90. The highest BCUT2D eigenvalue weighted by Gasteiger charge is 2.58. The second-order valence-corrected chi connectivity index (χ2v) is 17.3. The zero-order valence-electron chi connectivity index (χ0n) is 43.6. The maximum absolute atomic E-state index is 13.0. The second-order valence-electron chi connectivity index (χ2n) is 17.3. The molecule has 0 aromatic carbocycles. The van der Waals surface area contributed by atoms with E-state index in [4.69, 9.17) is 75.8 Å². The van der Waals surface area contributed by atoms with Crippen LogP contribution in [0.5, 0.6) is 0 Å². The fourth-order valence-electron chi connectivity index (χ4n) is 8.10. The molecular formula is C46H63N3O27. The Morgan fingerprint density at radius 1 is 0.474 bits per heavy atom. The molecule has 0 bridgehead atoms. The third-order valence-electron chi connectivity index (χ3n) is 10.9. The van der Waals surface area contributed by atoms with Gasteiger partial charge in [0.15, 0.2) is 67.7 Å². The van der Waals surface area contributed by atoms with Crippen molar-refractivity contribution in [2.24, 2.45) is 0 Å². The Balaban J connectivity index is 1.66. The lowest BCUT2D eigenvalue weighted by molar-refractivity contribution is -0.361. The summed E-state index contributed by atoms with van der Waals surface area (Å²) in [7, 11) is 1.24. The summed E-state index contributed by atoms with van der Waals surface area (Å²) in [5.41, 5.74) is 0.251. The molecule has 0 saturated carbocycles. The average Bonchev–Trinajstić information content (AvgIpc) is 3.75. The number of carbonyl (C=O) groups is 11. The van der Waals surface area contributed by atoms with Gasteiger partial charge in [-0.2, -0.15) is 0 Å². The van der Waals surface area contributed by atoms with Crippen LogP contribution in [-0.4, -0.2) is 200 Å². The summed E-state index contributed by atoms with van der Waals surface area (Å²) in [6, 6.07) is 0. The molecule has 0 amide bonds. The summed E-state index contributed by atoms with van der Waals surface area (Å²) < 4.78 is 92.5.